The molecule has 1 aliphatic heterocycles. The van der Waals surface area contributed by atoms with Crippen molar-refractivity contribution in [2.75, 3.05) is 18.5 Å². The van der Waals surface area contributed by atoms with Crippen LogP contribution in [0, 0.1) is 6.92 Å². The summed E-state index contributed by atoms with van der Waals surface area (Å²) in [7, 11) is 0. The van der Waals surface area contributed by atoms with E-state index in [4.69, 9.17) is 10.5 Å². The minimum Gasteiger partial charge on any atom is -0.381 e. The molecular weight excluding hydrogens is 294 g/mol. The van der Waals surface area contributed by atoms with Crippen molar-refractivity contribution in [2.45, 2.75) is 45.2 Å². The van der Waals surface area contributed by atoms with Crippen LogP contribution in [0.4, 0.5) is 5.69 Å². The van der Waals surface area contributed by atoms with Crippen LogP contribution >= 0.6 is 0 Å². The zero-order valence-electron chi connectivity index (χ0n) is 13.9. The monoisotopic (exact) mass is 319 g/mol. The average Bonchev–Trinajstić information content (AvgIpc) is 2.49. The first-order chi connectivity index (χ1) is 10.8. The highest BCUT2D eigenvalue weighted by Gasteiger charge is 2.36. The molecule has 23 heavy (non-hydrogen) atoms. The Morgan fingerprint density at radius 1 is 1.26 bits per heavy atom. The van der Waals surface area contributed by atoms with E-state index < -0.39 is 5.54 Å². The van der Waals surface area contributed by atoms with Crippen LogP contribution in [-0.2, 0) is 9.53 Å². The lowest BCUT2D eigenvalue weighted by molar-refractivity contribution is -0.124. The summed E-state index contributed by atoms with van der Waals surface area (Å²) in [6, 6.07) is 5.34. The molecule has 6 nitrogen and oxygen atoms in total. The first-order valence-corrected chi connectivity index (χ1v) is 7.91. The molecule has 2 amide bonds. The number of rotatable bonds is 4. The molecule has 1 heterocycles. The third kappa shape index (κ3) is 4.30. The number of aryl methyl sites for hydroxylation is 1. The summed E-state index contributed by atoms with van der Waals surface area (Å²) in [6.07, 6.45) is 0.983. The molecule has 2 rings (SSSR count). The average molecular weight is 319 g/mol. The Bertz CT molecular complexity index is 593. The molecule has 0 aliphatic carbocycles. The normalized spacial score (nSPS) is 16.9. The fourth-order valence-electron chi connectivity index (χ4n) is 2.50. The van der Waals surface area contributed by atoms with Crippen molar-refractivity contribution in [2.24, 2.45) is 5.73 Å². The van der Waals surface area contributed by atoms with Gasteiger partial charge in [0, 0.05) is 30.5 Å². The van der Waals surface area contributed by atoms with E-state index in [9.17, 15) is 9.59 Å². The third-order valence-corrected chi connectivity index (χ3v) is 4.00. The van der Waals surface area contributed by atoms with E-state index >= 15 is 0 Å². The van der Waals surface area contributed by atoms with Gasteiger partial charge in [0.15, 0.2) is 0 Å². The highest BCUT2D eigenvalue weighted by atomic mass is 16.5. The Morgan fingerprint density at radius 3 is 2.52 bits per heavy atom. The van der Waals surface area contributed by atoms with Crippen molar-refractivity contribution < 1.29 is 14.3 Å². The molecule has 1 fully saturated rings. The molecule has 6 heteroatoms. The van der Waals surface area contributed by atoms with Gasteiger partial charge in [-0.3, -0.25) is 9.59 Å². The van der Waals surface area contributed by atoms with Gasteiger partial charge in [-0.1, -0.05) is 6.07 Å². The number of carbonyl (C=O) groups is 2. The maximum atomic E-state index is 12.4. The Labute approximate surface area is 136 Å². The van der Waals surface area contributed by atoms with E-state index in [1.807, 2.05) is 26.8 Å². The van der Waals surface area contributed by atoms with Crippen LogP contribution < -0.4 is 16.4 Å². The molecule has 0 unspecified atom stereocenters. The van der Waals surface area contributed by atoms with Gasteiger partial charge in [0.05, 0.1) is 0 Å². The Kier molecular flexibility index (Phi) is 5.38. The molecule has 0 spiro atoms. The summed E-state index contributed by atoms with van der Waals surface area (Å²) in [4.78, 5) is 24.7. The number of amides is 2. The number of ether oxygens (including phenoxy) is 1. The van der Waals surface area contributed by atoms with E-state index in [0.29, 0.717) is 37.3 Å². The van der Waals surface area contributed by atoms with E-state index in [1.54, 1.807) is 12.1 Å². The first-order valence-electron chi connectivity index (χ1n) is 7.91. The molecule has 0 saturated carbocycles. The predicted octanol–water partition coefficient (Wildman–Crippen LogP) is 1.58. The lowest BCUT2D eigenvalue weighted by Gasteiger charge is -2.31. The molecule has 4 N–H and O–H groups in total. The van der Waals surface area contributed by atoms with Gasteiger partial charge in [-0.05, 0) is 51.3 Å². The molecule has 1 aromatic carbocycles. The second-order valence-electron chi connectivity index (χ2n) is 6.38. The maximum Gasteiger partial charge on any atom is 0.251 e. The van der Waals surface area contributed by atoms with Crippen LogP contribution in [0.5, 0.6) is 0 Å². The Hall–Kier alpha value is -1.92. The standard InChI is InChI=1S/C17H25N3O3/c1-11(2)19-15(21)14-10-13(5-4-12(14)3)20-16(22)17(18)6-8-23-9-7-17/h4-5,10-11H,6-9,18H2,1-3H3,(H,19,21)(H,20,22). The van der Waals surface area contributed by atoms with Gasteiger partial charge < -0.3 is 21.1 Å². The molecule has 0 radical (unpaired) electrons. The number of hydrogen-bond acceptors (Lipinski definition) is 4. The number of anilines is 1. The number of nitrogens with one attached hydrogen (secondary N) is 2. The fraction of sp³-hybridized carbons (Fsp3) is 0.529. The molecule has 1 saturated heterocycles. The highest BCUT2D eigenvalue weighted by Crippen LogP contribution is 2.21. The summed E-state index contributed by atoms with van der Waals surface area (Å²) < 4.78 is 5.26. The lowest BCUT2D eigenvalue weighted by Crippen LogP contribution is -2.54. The van der Waals surface area contributed by atoms with Crippen molar-refractivity contribution in [3.8, 4) is 0 Å². The molecule has 1 aliphatic rings. The SMILES string of the molecule is Cc1ccc(NC(=O)C2(N)CCOCC2)cc1C(=O)NC(C)C. The summed E-state index contributed by atoms with van der Waals surface area (Å²) in [5.41, 5.74) is 7.24. The van der Waals surface area contributed by atoms with E-state index in [1.165, 1.54) is 0 Å². The largest absolute Gasteiger partial charge is 0.381 e. The van der Waals surface area contributed by atoms with Crippen LogP contribution in [0.1, 0.15) is 42.6 Å². The topological polar surface area (TPSA) is 93.5 Å². The van der Waals surface area contributed by atoms with Crippen LogP contribution in [0.3, 0.4) is 0 Å². The molecule has 0 bridgehead atoms. The van der Waals surface area contributed by atoms with E-state index in [-0.39, 0.29) is 17.9 Å². The van der Waals surface area contributed by atoms with Crippen molar-refractivity contribution >= 4 is 17.5 Å². The number of benzene rings is 1. The number of nitrogens with two attached hydrogens (primary N) is 1. The third-order valence-electron chi connectivity index (χ3n) is 4.00. The summed E-state index contributed by atoms with van der Waals surface area (Å²) in [5.74, 6) is -0.387. The van der Waals surface area contributed by atoms with Gasteiger partial charge >= 0.3 is 0 Å². The van der Waals surface area contributed by atoms with Crippen molar-refractivity contribution in [1.29, 1.82) is 0 Å². The van der Waals surface area contributed by atoms with Crippen LogP contribution in [-0.4, -0.2) is 36.6 Å². The summed E-state index contributed by atoms with van der Waals surface area (Å²) >= 11 is 0. The molecular formula is C17H25N3O3. The minimum absolute atomic E-state index is 0.0506. The zero-order valence-corrected chi connectivity index (χ0v) is 13.9. The second kappa shape index (κ2) is 7.10. The minimum atomic E-state index is -0.913. The van der Waals surface area contributed by atoms with E-state index in [0.717, 1.165) is 5.56 Å². The van der Waals surface area contributed by atoms with Crippen LogP contribution in [0.2, 0.25) is 0 Å². The van der Waals surface area contributed by atoms with Crippen molar-refractivity contribution in [1.82, 2.24) is 5.32 Å². The second-order valence-corrected chi connectivity index (χ2v) is 6.38. The van der Waals surface area contributed by atoms with E-state index in [2.05, 4.69) is 10.6 Å². The smallest absolute Gasteiger partial charge is 0.251 e. The van der Waals surface area contributed by atoms with Gasteiger partial charge in [-0.2, -0.15) is 0 Å². The zero-order chi connectivity index (χ0) is 17.0. The summed E-state index contributed by atoms with van der Waals surface area (Å²) in [6.45, 7) is 6.65. The quantitative estimate of drug-likeness (QED) is 0.785. The van der Waals surface area contributed by atoms with Crippen molar-refractivity contribution in [3.05, 3.63) is 29.3 Å². The highest BCUT2D eigenvalue weighted by molar-refractivity contribution is 6.01. The van der Waals surface area contributed by atoms with Gasteiger partial charge in [0.2, 0.25) is 5.91 Å². The van der Waals surface area contributed by atoms with Gasteiger partial charge in [0.25, 0.3) is 5.91 Å². The summed E-state index contributed by atoms with van der Waals surface area (Å²) in [5, 5.41) is 5.69. The predicted molar refractivity (Wildman–Crippen MR) is 89.4 cm³/mol. The van der Waals surface area contributed by atoms with Gasteiger partial charge in [0.1, 0.15) is 5.54 Å². The molecule has 126 valence electrons. The molecule has 0 aromatic heterocycles. The molecule has 1 aromatic rings. The first kappa shape index (κ1) is 17.4. The Morgan fingerprint density at radius 2 is 1.91 bits per heavy atom. The van der Waals surface area contributed by atoms with Crippen molar-refractivity contribution in [3.63, 3.8) is 0 Å². The van der Waals surface area contributed by atoms with Crippen LogP contribution in [0.15, 0.2) is 18.2 Å². The maximum absolute atomic E-state index is 12.4. The fourth-order valence-corrected chi connectivity index (χ4v) is 2.50. The lowest BCUT2D eigenvalue weighted by atomic mass is 9.90. The molecule has 0 atom stereocenters. The number of carbonyl (C=O) groups excluding carboxylic acids is 2. The Balaban J connectivity index is 2.14. The van der Waals surface area contributed by atoms with Gasteiger partial charge in [-0.15, -0.1) is 0 Å². The number of hydrogen-bond donors (Lipinski definition) is 3. The van der Waals surface area contributed by atoms with Gasteiger partial charge in [-0.25, -0.2) is 0 Å². The van der Waals surface area contributed by atoms with Crippen LogP contribution in [0.25, 0.3) is 0 Å².